The minimum absolute atomic E-state index is 0.0748. The number of nitrogens with one attached hydrogen (secondary N) is 1. The number of hydrogen-bond donors (Lipinski definition) is 1. The standard InChI is InChI=1S/C22H21ClN4O2S/c1-2-5-18-21(29)27-20(25-18)16-6-3-4-7-17(16)26-22(27)30-13-19(28)24-12-14-8-10-15(23)11-9-14/h3-4,6-11,18H,2,5,12-13H2,1H3,(H,24,28)/t18-/m1/s1. The molecule has 4 rings (SSSR count). The van der Waals surface area contributed by atoms with Crippen molar-refractivity contribution in [2.45, 2.75) is 32.4 Å². The Balaban J connectivity index is 1.46. The second-order valence-corrected chi connectivity index (χ2v) is 8.41. The molecule has 6 nitrogen and oxygen atoms in total. The number of carbonyl (C=O) groups excluding carboxylic acids is 2. The van der Waals surface area contributed by atoms with Crippen LogP contribution < -0.4 is 5.32 Å². The van der Waals surface area contributed by atoms with Gasteiger partial charge in [0.2, 0.25) is 5.91 Å². The summed E-state index contributed by atoms with van der Waals surface area (Å²) in [6.45, 7) is 2.45. The summed E-state index contributed by atoms with van der Waals surface area (Å²) in [5, 5.41) is 4.04. The summed E-state index contributed by atoms with van der Waals surface area (Å²) < 4.78 is 0. The van der Waals surface area contributed by atoms with E-state index in [1.807, 2.05) is 43.3 Å². The van der Waals surface area contributed by atoms with Crippen LogP contribution in [0.3, 0.4) is 0 Å². The van der Waals surface area contributed by atoms with Crippen LogP contribution in [0.25, 0.3) is 0 Å². The second kappa shape index (κ2) is 9.02. The zero-order valence-electron chi connectivity index (χ0n) is 16.5. The number of nitrogens with zero attached hydrogens (tertiary/aromatic N) is 3. The van der Waals surface area contributed by atoms with E-state index in [-0.39, 0.29) is 23.6 Å². The molecule has 0 radical (unpaired) electrons. The highest BCUT2D eigenvalue weighted by Crippen LogP contribution is 2.34. The monoisotopic (exact) mass is 440 g/mol. The van der Waals surface area contributed by atoms with E-state index in [0.717, 1.165) is 23.2 Å². The topological polar surface area (TPSA) is 74.1 Å². The third kappa shape index (κ3) is 4.27. The normalized spacial score (nSPS) is 17.2. The zero-order valence-corrected chi connectivity index (χ0v) is 18.0. The van der Waals surface area contributed by atoms with Crippen LogP contribution in [0.15, 0.2) is 58.5 Å². The molecule has 2 aliphatic heterocycles. The van der Waals surface area contributed by atoms with Crippen molar-refractivity contribution in [3.05, 3.63) is 64.7 Å². The predicted molar refractivity (Wildman–Crippen MR) is 121 cm³/mol. The molecule has 154 valence electrons. The highest BCUT2D eigenvalue weighted by Gasteiger charge is 2.40. The van der Waals surface area contributed by atoms with Gasteiger partial charge in [-0.05, 0) is 36.2 Å². The van der Waals surface area contributed by atoms with Crippen molar-refractivity contribution in [2.75, 3.05) is 5.75 Å². The average molecular weight is 441 g/mol. The number of hydrogen-bond acceptors (Lipinski definition) is 5. The van der Waals surface area contributed by atoms with Crippen LogP contribution in [0.5, 0.6) is 0 Å². The number of thioether (sulfide) groups is 1. The second-order valence-electron chi connectivity index (χ2n) is 7.03. The Kier molecular flexibility index (Phi) is 6.20. The van der Waals surface area contributed by atoms with Crippen molar-refractivity contribution in [1.82, 2.24) is 10.2 Å². The summed E-state index contributed by atoms with van der Waals surface area (Å²) in [5.74, 6) is 0.582. The number of fused-ring (bicyclic) bond motifs is 3. The van der Waals surface area contributed by atoms with Crippen LogP contribution >= 0.6 is 23.4 Å². The van der Waals surface area contributed by atoms with Gasteiger partial charge in [0, 0.05) is 17.1 Å². The molecule has 0 saturated heterocycles. The minimum Gasteiger partial charge on any atom is -0.351 e. The molecule has 2 heterocycles. The van der Waals surface area contributed by atoms with Crippen molar-refractivity contribution < 1.29 is 9.59 Å². The van der Waals surface area contributed by atoms with Crippen LogP contribution in [0.1, 0.15) is 30.9 Å². The van der Waals surface area contributed by atoms with Gasteiger partial charge in [0.05, 0.1) is 11.4 Å². The van der Waals surface area contributed by atoms with E-state index in [1.165, 1.54) is 11.8 Å². The number of carbonyl (C=O) groups is 2. The molecule has 2 aliphatic rings. The van der Waals surface area contributed by atoms with Gasteiger partial charge in [-0.25, -0.2) is 9.89 Å². The van der Waals surface area contributed by atoms with Gasteiger partial charge in [0.1, 0.15) is 11.9 Å². The average Bonchev–Trinajstić information content (AvgIpc) is 3.08. The fraction of sp³-hybridized carbons (Fsp3) is 0.273. The molecule has 0 aromatic heterocycles. The van der Waals surface area contributed by atoms with Crippen LogP contribution in [0, 0.1) is 0 Å². The van der Waals surface area contributed by atoms with Gasteiger partial charge in [-0.1, -0.05) is 61.0 Å². The van der Waals surface area contributed by atoms with Crippen LogP contribution in [-0.2, 0) is 16.1 Å². The van der Waals surface area contributed by atoms with E-state index < -0.39 is 0 Å². The smallest absolute Gasteiger partial charge is 0.259 e. The first kappa shape index (κ1) is 20.6. The summed E-state index contributed by atoms with van der Waals surface area (Å²) in [7, 11) is 0. The van der Waals surface area contributed by atoms with E-state index in [0.29, 0.717) is 29.0 Å². The van der Waals surface area contributed by atoms with Gasteiger partial charge >= 0.3 is 0 Å². The molecule has 0 bridgehead atoms. The third-order valence-electron chi connectivity index (χ3n) is 4.85. The molecule has 2 amide bonds. The fourth-order valence-corrected chi connectivity index (χ4v) is 4.30. The van der Waals surface area contributed by atoms with E-state index in [1.54, 1.807) is 17.0 Å². The molecule has 2 aromatic carbocycles. The molecule has 1 N–H and O–H groups in total. The lowest BCUT2D eigenvalue weighted by molar-refractivity contribution is -0.124. The molecule has 30 heavy (non-hydrogen) atoms. The first-order chi connectivity index (χ1) is 14.6. The Hall–Kier alpha value is -2.64. The number of amides is 2. The summed E-state index contributed by atoms with van der Waals surface area (Å²) in [6.07, 6.45) is 1.57. The Morgan fingerprint density at radius 2 is 1.97 bits per heavy atom. The van der Waals surface area contributed by atoms with E-state index in [4.69, 9.17) is 11.6 Å². The zero-order chi connectivity index (χ0) is 21.1. The maximum Gasteiger partial charge on any atom is 0.259 e. The summed E-state index contributed by atoms with van der Waals surface area (Å²) in [4.78, 5) is 36.2. The highest BCUT2D eigenvalue weighted by molar-refractivity contribution is 8.14. The predicted octanol–water partition coefficient (Wildman–Crippen LogP) is 4.15. The number of amidine groups is 2. The van der Waals surface area contributed by atoms with Crippen molar-refractivity contribution in [3.63, 3.8) is 0 Å². The molecular formula is C22H21ClN4O2S. The van der Waals surface area contributed by atoms with E-state index in [2.05, 4.69) is 15.3 Å². The SMILES string of the molecule is CCC[C@H]1N=C2c3ccccc3N=C(SCC(=O)NCc3ccc(Cl)cc3)N2C1=O. The number of benzene rings is 2. The van der Waals surface area contributed by atoms with Crippen LogP contribution in [0.2, 0.25) is 5.02 Å². The maximum absolute atomic E-state index is 12.9. The summed E-state index contributed by atoms with van der Waals surface area (Å²) in [6, 6.07) is 14.6. The number of aliphatic imine (C=N–C) groups is 2. The fourth-order valence-electron chi connectivity index (χ4n) is 3.34. The quantitative estimate of drug-likeness (QED) is 0.733. The Labute approximate surface area is 184 Å². The first-order valence-electron chi connectivity index (χ1n) is 9.80. The van der Waals surface area contributed by atoms with Gasteiger partial charge < -0.3 is 5.32 Å². The van der Waals surface area contributed by atoms with Gasteiger partial charge in [-0.2, -0.15) is 0 Å². The van der Waals surface area contributed by atoms with Gasteiger partial charge in [-0.3, -0.25) is 14.6 Å². The van der Waals surface area contributed by atoms with Crippen LogP contribution in [-0.4, -0.2) is 39.5 Å². The van der Waals surface area contributed by atoms with Gasteiger partial charge in [0.25, 0.3) is 5.91 Å². The Bertz CT molecular complexity index is 1040. The van der Waals surface area contributed by atoms with Crippen molar-refractivity contribution in [2.24, 2.45) is 9.98 Å². The molecular weight excluding hydrogens is 420 g/mol. The molecule has 1 atom stereocenters. The lowest BCUT2D eigenvalue weighted by atomic mass is 10.1. The Morgan fingerprint density at radius 3 is 2.73 bits per heavy atom. The molecule has 0 aliphatic carbocycles. The molecule has 2 aromatic rings. The highest BCUT2D eigenvalue weighted by atomic mass is 35.5. The number of halogens is 1. The molecule has 0 saturated carbocycles. The number of para-hydroxylation sites is 1. The van der Waals surface area contributed by atoms with Crippen molar-refractivity contribution in [3.8, 4) is 0 Å². The maximum atomic E-state index is 12.9. The largest absolute Gasteiger partial charge is 0.351 e. The third-order valence-corrected chi connectivity index (χ3v) is 6.04. The number of rotatable bonds is 6. The van der Waals surface area contributed by atoms with Crippen molar-refractivity contribution >= 4 is 51.9 Å². The van der Waals surface area contributed by atoms with E-state index >= 15 is 0 Å². The molecule has 8 heteroatoms. The summed E-state index contributed by atoms with van der Waals surface area (Å²) >= 11 is 7.13. The van der Waals surface area contributed by atoms with Crippen molar-refractivity contribution in [1.29, 1.82) is 0 Å². The molecule has 0 unspecified atom stereocenters. The molecule has 0 spiro atoms. The molecule has 0 fully saturated rings. The lowest BCUT2D eigenvalue weighted by Gasteiger charge is -2.25. The lowest BCUT2D eigenvalue weighted by Crippen LogP contribution is -2.41. The van der Waals surface area contributed by atoms with E-state index in [9.17, 15) is 9.59 Å². The Morgan fingerprint density at radius 1 is 1.20 bits per heavy atom. The van der Waals surface area contributed by atoms with Gasteiger partial charge in [0.15, 0.2) is 5.17 Å². The van der Waals surface area contributed by atoms with Gasteiger partial charge in [-0.15, -0.1) is 0 Å². The summed E-state index contributed by atoms with van der Waals surface area (Å²) in [5.41, 5.74) is 2.58. The first-order valence-corrected chi connectivity index (χ1v) is 11.2. The van der Waals surface area contributed by atoms with Crippen LogP contribution in [0.4, 0.5) is 5.69 Å². The minimum atomic E-state index is -0.388.